The maximum Gasteiger partial charge on any atom is 0.341 e. The van der Waals surface area contributed by atoms with Crippen LogP contribution in [0.15, 0.2) is 22.0 Å². The number of hydrogen-bond acceptors (Lipinski definition) is 10. The van der Waals surface area contributed by atoms with Crippen molar-refractivity contribution in [3.05, 3.63) is 67.2 Å². The molecule has 2 aliphatic carbocycles. The molecule has 8 N–H and O–H groups in total. The van der Waals surface area contributed by atoms with Gasteiger partial charge in [-0.3, -0.25) is 9.59 Å². The number of aromatic nitrogens is 2. The monoisotopic (exact) mass is 784 g/mol. The number of pyridine rings is 2. The summed E-state index contributed by atoms with van der Waals surface area (Å²) < 4.78 is 64.5. The number of carboxylic acids is 2. The molecule has 2 aromatic carbocycles. The average Bonchev–Trinajstić information content (AvgIpc) is 4.04. The Bertz CT molecular complexity index is 2240. The lowest BCUT2D eigenvalue weighted by molar-refractivity contribution is 0.0684. The Hall–Kier alpha value is -5.36. The van der Waals surface area contributed by atoms with Crippen LogP contribution in [0.1, 0.15) is 86.2 Å². The number of nitrogen functional groups attached to an aromatic ring is 2. The second-order valence-corrected chi connectivity index (χ2v) is 15.6. The number of benzene rings is 2. The number of fused-ring (bicyclic) bond motifs is 2. The Kier molecular flexibility index (Phi) is 9.93. The van der Waals surface area contributed by atoms with Gasteiger partial charge in [0.2, 0.25) is 10.9 Å². The van der Waals surface area contributed by atoms with Gasteiger partial charge in [-0.05, 0) is 53.4 Å². The number of nitrogens with one attached hydrogen (secondary N) is 2. The Morgan fingerprint density at radius 2 is 0.911 bits per heavy atom. The molecular weight excluding hydrogens is 740 g/mol. The van der Waals surface area contributed by atoms with Crippen LogP contribution < -0.4 is 42.8 Å². The molecule has 4 heterocycles. The molecule has 0 bridgehead atoms. The molecule has 56 heavy (non-hydrogen) atoms. The first-order valence-electron chi connectivity index (χ1n) is 18.6. The first-order valence-corrected chi connectivity index (χ1v) is 18.6. The molecule has 0 unspecified atom stereocenters. The molecular formula is C38H44F4N8O6. The van der Waals surface area contributed by atoms with Crippen LogP contribution in [-0.2, 0) is 0 Å². The van der Waals surface area contributed by atoms with Crippen molar-refractivity contribution in [2.24, 2.45) is 0 Å². The van der Waals surface area contributed by atoms with E-state index in [2.05, 4.69) is 10.6 Å². The van der Waals surface area contributed by atoms with Gasteiger partial charge < -0.3 is 51.2 Å². The van der Waals surface area contributed by atoms with E-state index in [1.165, 1.54) is 9.13 Å². The normalized spacial score (nSPS) is 22.6. The Labute approximate surface area is 317 Å². The van der Waals surface area contributed by atoms with E-state index in [0.717, 1.165) is 38.1 Å². The summed E-state index contributed by atoms with van der Waals surface area (Å²) in [5, 5.41) is 24.5. The molecule has 2 saturated carbocycles. The summed E-state index contributed by atoms with van der Waals surface area (Å²) >= 11 is 0. The predicted octanol–water partition coefficient (Wildman–Crippen LogP) is 4.16. The quantitative estimate of drug-likeness (QED) is 0.121. The lowest BCUT2D eigenvalue weighted by Gasteiger charge is -2.38. The number of hydrogen-bond donors (Lipinski definition) is 6. The van der Waals surface area contributed by atoms with Crippen molar-refractivity contribution >= 4 is 56.5 Å². The molecule has 4 fully saturated rings. The van der Waals surface area contributed by atoms with Crippen molar-refractivity contribution in [3.63, 3.8) is 0 Å². The maximum atomic E-state index is 15.6. The van der Waals surface area contributed by atoms with Gasteiger partial charge >= 0.3 is 11.9 Å². The summed E-state index contributed by atoms with van der Waals surface area (Å²) in [6, 6.07) is -0.207. The molecule has 2 saturated heterocycles. The zero-order valence-electron chi connectivity index (χ0n) is 31.3. The van der Waals surface area contributed by atoms with Crippen LogP contribution in [-0.4, -0.2) is 81.6 Å². The largest absolute Gasteiger partial charge is 0.477 e. The number of nitrogens with two attached hydrogens (primary N) is 2. The fourth-order valence-corrected chi connectivity index (χ4v) is 8.26. The number of nitrogens with zero attached hydrogens (tertiary/aromatic N) is 4. The highest BCUT2D eigenvalue weighted by Crippen LogP contribution is 2.43. The van der Waals surface area contributed by atoms with E-state index in [-0.39, 0.29) is 58.7 Å². The topological polar surface area (TPSA) is 201 Å². The predicted molar refractivity (Wildman–Crippen MR) is 204 cm³/mol. The number of aromatic carboxylic acids is 2. The third-order valence-electron chi connectivity index (χ3n) is 10.8. The summed E-state index contributed by atoms with van der Waals surface area (Å²) in [5.74, 6) is -6.68. The second kappa shape index (κ2) is 14.3. The standard InChI is InChI=1S/2C19H22F2N4O3/c2*1-8-5-24(6-9(2)23-8)17-13(20)15(22)12-16(14(17)21)25(10-3-4-10)7-11(18(12)26)19(27)28/h2*7-10,23H,3-6,22H2,1-2H3,(H,27,28)/t2*8-,9+. The molecule has 4 atom stereocenters. The lowest BCUT2D eigenvalue weighted by atomic mass is 10.0. The average molecular weight is 785 g/mol. The van der Waals surface area contributed by atoms with Crippen LogP contribution in [0.4, 0.5) is 40.3 Å². The van der Waals surface area contributed by atoms with E-state index in [1.807, 2.05) is 27.7 Å². The van der Waals surface area contributed by atoms with Gasteiger partial charge in [0.05, 0.1) is 33.2 Å². The zero-order chi connectivity index (χ0) is 40.7. The summed E-state index contributed by atoms with van der Waals surface area (Å²) in [6.45, 7) is 9.19. The summed E-state index contributed by atoms with van der Waals surface area (Å²) in [5.41, 5.74) is 7.07. The van der Waals surface area contributed by atoms with Gasteiger partial charge in [-0.15, -0.1) is 0 Å². The van der Waals surface area contributed by atoms with Gasteiger partial charge in [-0.25, -0.2) is 27.2 Å². The van der Waals surface area contributed by atoms with Crippen LogP contribution in [0.3, 0.4) is 0 Å². The smallest absolute Gasteiger partial charge is 0.341 e. The number of halogens is 4. The molecule has 300 valence electrons. The SMILES string of the molecule is C[C@@H]1CN(c2c(F)c(N)c3c(=O)c(C(=O)O)cn(C4CC4)c3c2F)C[C@H](C)N1.C[C@@H]1CN(c2c(F)c(N)c3c(=O)c(C(=O)O)cn(C4CC4)c3c2F)C[C@H](C)N1. The summed E-state index contributed by atoms with van der Waals surface area (Å²) in [7, 11) is 0. The number of anilines is 4. The first kappa shape index (κ1) is 38.9. The second-order valence-electron chi connectivity index (χ2n) is 15.6. The van der Waals surface area contributed by atoms with Crippen molar-refractivity contribution in [3.8, 4) is 0 Å². The van der Waals surface area contributed by atoms with Crippen molar-refractivity contribution in [2.75, 3.05) is 47.4 Å². The fraction of sp³-hybridized carbons (Fsp3) is 0.474. The van der Waals surface area contributed by atoms with Crippen LogP contribution in [0.2, 0.25) is 0 Å². The van der Waals surface area contributed by atoms with Crippen LogP contribution in [0, 0.1) is 23.3 Å². The van der Waals surface area contributed by atoms with E-state index < -0.39 is 79.3 Å². The zero-order valence-corrected chi connectivity index (χ0v) is 31.3. The molecule has 2 aromatic heterocycles. The number of piperazine rings is 2. The van der Waals surface area contributed by atoms with Gasteiger partial charge in [-0.2, -0.15) is 0 Å². The highest BCUT2D eigenvalue weighted by atomic mass is 19.1. The molecule has 0 spiro atoms. The Balaban J connectivity index is 0.000000172. The Morgan fingerprint density at radius 1 is 0.607 bits per heavy atom. The molecule has 2 aliphatic heterocycles. The van der Waals surface area contributed by atoms with Gasteiger partial charge in [0.25, 0.3) is 0 Å². The van der Waals surface area contributed by atoms with Crippen LogP contribution in [0.5, 0.6) is 0 Å². The molecule has 4 aromatic rings. The molecule has 14 nitrogen and oxygen atoms in total. The van der Waals surface area contributed by atoms with E-state index >= 15 is 17.6 Å². The van der Waals surface area contributed by atoms with E-state index in [1.54, 1.807) is 9.80 Å². The van der Waals surface area contributed by atoms with Crippen molar-refractivity contribution in [2.45, 2.75) is 89.6 Å². The fourth-order valence-electron chi connectivity index (χ4n) is 8.26. The maximum absolute atomic E-state index is 15.6. The van der Waals surface area contributed by atoms with Crippen molar-refractivity contribution in [1.82, 2.24) is 19.8 Å². The summed E-state index contributed by atoms with van der Waals surface area (Å²) in [6.07, 6.45) is 5.21. The van der Waals surface area contributed by atoms with Gasteiger partial charge in [0, 0.05) is 74.8 Å². The Morgan fingerprint density at radius 3 is 1.18 bits per heavy atom. The first-order chi connectivity index (χ1) is 26.4. The van der Waals surface area contributed by atoms with E-state index in [0.29, 0.717) is 26.2 Å². The minimum absolute atomic E-state index is 0.0134. The minimum Gasteiger partial charge on any atom is -0.477 e. The number of rotatable bonds is 6. The number of carbonyl (C=O) groups is 2. The molecule has 8 rings (SSSR count). The summed E-state index contributed by atoms with van der Waals surface area (Å²) in [4.78, 5) is 51.4. The molecule has 0 radical (unpaired) electrons. The van der Waals surface area contributed by atoms with E-state index in [4.69, 9.17) is 11.5 Å². The third-order valence-corrected chi connectivity index (χ3v) is 10.8. The van der Waals surface area contributed by atoms with Gasteiger partial charge in [-0.1, -0.05) is 0 Å². The van der Waals surface area contributed by atoms with Crippen molar-refractivity contribution < 1.29 is 37.4 Å². The molecule has 4 aliphatic rings. The molecule has 18 heteroatoms. The van der Waals surface area contributed by atoms with Gasteiger partial charge in [0.1, 0.15) is 22.5 Å². The van der Waals surface area contributed by atoms with Gasteiger partial charge in [0.15, 0.2) is 23.3 Å². The van der Waals surface area contributed by atoms with Crippen LogP contribution in [0.25, 0.3) is 21.8 Å². The third kappa shape index (κ3) is 6.67. The van der Waals surface area contributed by atoms with Crippen LogP contribution >= 0.6 is 0 Å². The minimum atomic E-state index is -1.45. The van der Waals surface area contributed by atoms with E-state index in [9.17, 15) is 29.4 Å². The molecule has 0 amide bonds. The highest BCUT2D eigenvalue weighted by Gasteiger charge is 2.36. The lowest BCUT2D eigenvalue weighted by Crippen LogP contribution is -2.54. The highest BCUT2D eigenvalue weighted by molar-refractivity contribution is 6.01. The number of carboxylic acid groups (broad SMARTS) is 2. The van der Waals surface area contributed by atoms with Crippen molar-refractivity contribution in [1.29, 1.82) is 0 Å².